The summed E-state index contributed by atoms with van der Waals surface area (Å²) in [6.45, 7) is 4.33. The first-order valence-electron chi connectivity index (χ1n) is 5.68. The number of anilines is 2. The minimum Gasteiger partial charge on any atom is -0.366 e. The van der Waals surface area contributed by atoms with Crippen LogP contribution in [0.3, 0.4) is 0 Å². The number of rotatable bonds is 6. The van der Waals surface area contributed by atoms with Crippen LogP contribution in [0.15, 0.2) is 6.20 Å². The molecule has 1 atom stereocenters. The van der Waals surface area contributed by atoms with Gasteiger partial charge in [0.2, 0.25) is 5.95 Å². The second-order valence-electron chi connectivity index (χ2n) is 3.68. The number of hydrogen-bond donors (Lipinski definition) is 2. The van der Waals surface area contributed by atoms with Crippen molar-refractivity contribution in [2.45, 2.75) is 39.2 Å². The van der Waals surface area contributed by atoms with Crippen LogP contribution in [0.2, 0.25) is 5.02 Å². The van der Waals surface area contributed by atoms with E-state index >= 15 is 0 Å². The van der Waals surface area contributed by atoms with Crippen LogP contribution in [0.1, 0.15) is 33.1 Å². The molecule has 1 unspecified atom stereocenters. The van der Waals surface area contributed by atoms with Gasteiger partial charge in [0.05, 0.1) is 6.20 Å². The summed E-state index contributed by atoms with van der Waals surface area (Å²) in [6.07, 6.45) is 4.93. The highest BCUT2D eigenvalue weighted by Crippen LogP contribution is 2.21. The molecule has 0 amide bonds. The van der Waals surface area contributed by atoms with E-state index in [1.807, 2.05) is 0 Å². The first-order chi connectivity index (χ1) is 7.71. The van der Waals surface area contributed by atoms with Crippen LogP contribution in [-0.4, -0.2) is 23.1 Å². The molecule has 0 aromatic carbocycles. The molecule has 0 saturated carbocycles. The van der Waals surface area contributed by atoms with Crippen molar-refractivity contribution >= 4 is 23.4 Å². The number of halogens is 1. The summed E-state index contributed by atoms with van der Waals surface area (Å²) in [5.74, 6) is 1.29. The van der Waals surface area contributed by atoms with Gasteiger partial charge < -0.3 is 10.6 Å². The lowest BCUT2D eigenvalue weighted by Crippen LogP contribution is -2.19. The topological polar surface area (TPSA) is 49.8 Å². The zero-order valence-corrected chi connectivity index (χ0v) is 10.8. The normalized spacial score (nSPS) is 12.2. The summed E-state index contributed by atoms with van der Waals surface area (Å²) in [5, 5.41) is 6.81. The lowest BCUT2D eigenvalue weighted by Gasteiger charge is -2.17. The monoisotopic (exact) mass is 242 g/mol. The van der Waals surface area contributed by atoms with Crippen LogP contribution in [0.25, 0.3) is 0 Å². The molecule has 0 aliphatic heterocycles. The number of nitrogens with one attached hydrogen (secondary N) is 2. The summed E-state index contributed by atoms with van der Waals surface area (Å²) < 4.78 is 0. The Morgan fingerprint density at radius 2 is 2.19 bits per heavy atom. The lowest BCUT2D eigenvalue weighted by atomic mass is 10.1. The zero-order chi connectivity index (χ0) is 12.0. The molecule has 0 aliphatic carbocycles. The predicted molar refractivity (Wildman–Crippen MR) is 69.2 cm³/mol. The maximum absolute atomic E-state index is 6.04. The number of aromatic nitrogens is 2. The van der Waals surface area contributed by atoms with Gasteiger partial charge in [0.25, 0.3) is 0 Å². The average Bonchev–Trinajstić information content (AvgIpc) is 2.31. The van der Waals surface area contributed by atoms with E-state index in [4.69, 9.17) is 11.6 Å². The molecule has 4 nitrogen and oxygen atoms in total. The van der Waals surface area contributed by atoms with E-state index < -0.39 is 0 Å². The van der Waals surface area contributed by atoms with Gasteiger partial charge >= 0.3 is 0 Å². The van der Waals surface area contributed by atoms with Crippen LogP contribution < -0.4 is 10.6 Å². The molecule has 2 N–H and O–H groups in total. The molecule has 0 fully saturated rings. The second kappa shape index (κ2) is 6.53. The summed E-state index contributed by atoms with van der Waals surface area (Å²) >= 11 is 6.04. The Balaban J connectivity index is 2.77. The van der Waals surface area contributed by atoms with Crippen molar-refractivity contribution in [3.05, 3.63) is 11.2 Å². The van der Waals surface area contributed by atoms with E-state index in [1.165, 1.54) is 0 Å². The predicted octanol–water partition coefficient (Wildman–Crippen LogP) is 3.16. The summed E-state index contributed by atoms with van der Waals surface area (Å²) in [5.41, 5.74) is 0. The average molecular weight is 243 g/mol. The minimum absolute atomic E-state index is 0.419. The van der Waals surface area contributed by atoms with Crippen LogP contribution in [0, 0.1) is 0 Å². The van der Waals surface area contributed by atoms with Crippen molar-refractivity contribution in [2.24, 2.45) is 0 Å². The Morgan fingerprint density at radius 3 is 2.75 bits per heavy atom. The molecule has 0 spiro atoms. The highest BCUT2D eigenvalue weighted by atomic mass is 35.5. The third kappa shape index (κ3) is 3.52. The molecule has 1 heterocycles. The van der Waals surface area contributed by atoms with Crippen molar-refractivity contribution < 1.29 is 0 Å². The molecule has 0 bridgehead atoms. The summed E-state index contributed by atoms with van der Waals surface area (Å²) in [4.78, 5) is 8.34. The fraction of sp³-hybridized carbons (Fsp3) is 0.636. The van der Waals surface area contributed by atoms with Crippen LogP contribution in [-0.2, 0) is 0 Å². The van der Waals surface area contributed by atoms with E-state index in [9.17, 15) is 0 Å². The maximum atomic E-state index is 6.04. The molecule has 0 aliphatic rings. The Morgan fingerprint density at radius 1 is 1.44 bits per heavy atom. The first-order valence-corrected chi connectivity index (χ1v) is 6.05. The minimum atomic E-state index is 0.419. The quantitative estimate of drug-likeness (QED) is 0.805. The van der Waals surface area contributed by atoms with E-state index in [0.29, 0.717) is 22.8 Å². The van der Waals surface area contributed by atoms with Gasteiger partial charge in [0, 0.05) is 13.1 Å². The third-order valence-corrected chi connectivity index (χ3v) is 2.72. The largest absolute Gasteiger partial charge is 0.366 e. The Hall–Kier alpha value is -1.03. The van der Waals surface area contributed by atoms with Crippen molar-refractivity contribution in [3.63, 3.8) is 0 Å². The highest BCUT2D eigenvalue weighted by Gasteiger charge is 2.09. The van der Waals surface area contributed by atoms with Crippen molar-refractivity contribution in [1.82, 2.24) is 9.97 Å². The maximum Gasteiger partial charge on any atom is 0.224 e. The smallest absolute Gasteiger partial charge is 0.224 e. The fourth-order valence-corrected chi connectivity index (χ4v) is 1.65. The van der Waals surface area contributed by atoms with Crippen LogP contribution >= 0.6 is 11.6 Å². The van der Waals surface area contributed by atoms with E-state index in [2.05, 4.69) is 34.4 Å². The molecule has 5 heteroatoms. The second-order valence-corrected chi connectivity index (χ2v) is 4.09. The Kier molecular flexibility index (Phi) is 5.32. The third-order valence-electron chi connectivity index (χ3n) is 2.44. The highest BCUT2D eigenvalue weighted by molar-refractivity contribution is 6.32. The van der Waals surface area contributed by atoms with E-state index in [1.54, 1.807) is 13.2 Å². The van der Waals surface area contributed by atoms with Crippen LogP contribution in [0.4, 0.5) is 11.8 Å². The van der Waals surface area contributed by atoms with E-state index in [-0.39, 0.29) is 0 Å². The van der Waals surface area contributed by atoms with Gasteiger partial charge in [-0.05, 0) is 12.8 Å². The van der Waals surface area contributed by atoms with Gasteiger partial charge in [-0.1, -0.05) is 31.9 Å². The van der Waals surface area contributed by atoms with E-state index in [0.717, 1.165) is 19.3 Å². The van der Waals surface area contributed by atoms with Crippen molar-refractivity contribution in [3.8, 4) is 0 Å². The lowest BCUT2D eigenvalue weighted by molar-refractivity contribution is 0.620. The van der Waals surface area contributed by atoms with Crippen molar-refractivity contribution in [1.29, 1.82) is 0 Å². The Labute approximate surface area is 102 Å². The molecule has 0 radical (unpaired) electrons. The number of hydrogen-bond acceptors (Lipinski definition) is 4. The molecule has 0 saturated heterocycles. The van der Waals surface area contributed by atoms with Gasteiger partial charge in [-0.15, -0.1) is 0 Å². The fourth-order valence-electron chi connectivity index (χ4n) is 1.51. The standard InChI is InChI=1S/C11H19ClN4/c1-4-6-8(5-2)15-10-9(12)7-14-11(13-3)16-10/h7-8H,4-6H2,1-3H3,(H2,13,14,15,16). The summed E-state index contributed by atoms with van der Waals surface area (Å²) in [6, 6.07) is 0.419. The van der Waals surface area contributed by atoms with Gasteiger partial charge in [-0.25, -0.2) is 4.98 Å². The van der Waals surface area contributed by atoms with Gasteiger partial charge in [0.1, 0.15) is 5.02 Å². The van der Waals surface area contributed by atoms with Crippen LogP contribution in [0.5, 0.6) is 0 Å². The molecular formula is C11H19ClN4. The first kappa shape index (κ1) is 13.0. The SMILES string of the molecule is CCCC(CC)Nc1nc(NC)ncc1Cl. The molecule has 16 heavy (non-hydrogen) atoms. The molecule has 1 rings (SSSR count). The molecule has 1 aromatic rings. The van der Waals surface area contributed by atoms with Gasteiger partial charge in [0.15, 0.2) is 5.82 Å². The molecular weight excluding hydrogens is 224 g/mol. The Bertz CT molecular complexity index is 330. The molecule has 1 aromatic heterocycles. The molecule has 90 valence electrons. The number of nitrogens with zero attached hydrogens (tertiary/aromatic N) is 2. The van der Waals surface area contributed by atoms with Gasteiger partial charge in [-0.2, -0.15) is 4.98 Å². The zero-order valence-electron chi connectivity index (χ0n) is 10.0. The summed E-state index contributed by atoms with van der Waals surface area (Å²) in [7, 11) is 1.79. The van der Waals surface area contributed by atoms with Gasteiger partial charge in [-0.3, -0.25) is 0 Å². The van der Waals surface area contributed by atoms with Crippen molar-refractivity contribution in [2.75, 3.05) is 17.7 Å².